The van der Waals surface area contributed by atoms with Crippen molar-refractivity contribution in [3.63, 3.8) is 0 Å². The number of hydrogen-bond donors (Lipinski definition) is 5. The molecule has 7 nitrogen and oxygen atoms in total. The van der Waals surface area contributed by atoms with Gasteiger partial charge in [-0.3, -0.25) is 9.59 Å². The first-order valence-electron chi connectivity index (χ1n) is 9.42. The standard InChI is InChI=1S/C21H27N3O4/c25-18-10-3-1-8-16(18)20(27)23-14-6-5-12-22-13-7-15-24-21(28)17-9-2-4-11-19(17)26/h1-4,8-11,22,25-26H,5-7,12-15H2,(H,23,27)(H,24,28). The topological polar surface area (TPSA) is 111 Å². The maximum absolute atomic E-state index is 11.9. The Balaban J connectivity index is 1.47. The summed E-state index contributed by atoms with van der Waals surface area (Å²) in [5.41, 5.74) is 0.563. The van der Waals surface area contributed by atoms with Crippen molar-refractivity contribution in [1.82, 2.24) is 16.0 Å². The van der Waals surface area contributed by atoms with Crippen LogP contribution in [0.5, 0.6) is 11.5 Å². The Morgan fingerprint density at radius 3 is 1.61 bits per heavy atom. The summed E-state index contributed by atoms with van der Waals surface area (Å²) >= 11 is 0. The summed E-state index contributed by atoms with van der Waals surface area (Å²) in [5.74, 6) is -0.589. The lowest BCUT2D eigenvalue weighted by molar-refractivity contribution is 0.0941. The summed E-state index contributed by atoms with van der Waals surface area (Å²) in [6.45, 7) is 2.66. The van der Waals surface area contributed by atoms with Crippen LogP contribution in [0, 0.1) is 0 Å². The second kappa shape index (κ2) is 11.6. The highest BCUT2D eigenvalue weighted by atomic mass is 16.3. The third-order valence-corrected chi connectivity index (χ3v) is 4.18. The average Bonchev–Trinajstić information content (AvgIpc) is 2.69. The minimum atomic E-state index is -0.279. The van der Waals surface area contributed by atoms with Crippen molar-refractivity contribution in [2.45, 2.75) is 19.3 Å². The predicted octanol–water partition coefficient (Wildman–Crippen LogP) is 2.02. The number of carbonyl (C=O) groups is 2. The maximum Gasteiger partial charge on any atom is 0.255 e. The molecule has 0 fully saturated rings. The summed E-state index contributed by atoms with van der Waals surface area (Å²) in [4.78, 5) is 23.8. The van der Waals surface area contributed by atoms with Crippen LogP contribution in [-0.2, 0) is 0 Å². The van der Waals surface area contributed by atoms with E-state index in [4.69, 9.17) is 0 Å². The average molecular weight is 385 g/mol. The van der Waals surface area contributed by atoms with Crippen molar-refractivity contribution in [1.29, 1.82) is 0 Å². The molecule has 2 rings (SSSR count). The lowest BCUT2D eigenvalue weighted by Gasteiger charge is -2.08. The molecule has 0 radical (unpaired) electrons. The fraction of sp³-hybridized carbons (Fsp3) is 0.333. The summed E-state index contributed by atoms with van der Waals surface area (Å²) in [6.07, 6.45) is 2.52. The smallest absolute Gasteiger partial charge is 0.255 e. The highest BCUT2D eigenvalue weighted by molar-refractivity contribution is 5.97. The number of nitrogens with one attached hydrogen (secondary N) is 3. The van der Waals surface area contributed by atoms with Gasteiger partial charge in [-0.25, -0.2) is 0 Å². The highest BCUT2D eigenvalue weighted by Crippen LogP contribution is 2.15. The number of benzene rings is 2. The summed E-state index contributed by atoms with van der Waals surface area (Å²) < 4.78 is 0. The number of amides is 2. The van der Waals surface area contributed by atoms with Crippen LogP contribution in [0.3, 0.4) is 0 Å². The first-order valence-corrected chi connectivity index (χ1v) is 9.42. The van der Waals surface area contributed by atoms with Crippen molar-refractivity contribution in [3.8, 4) is 11.5 Å². The molecule has 0 aliphatic rings. The van der Waals surface area contributed by atoms with Gasteiger partial charge in [0, 0.05) is 13.1 Å². The van der Waals surface area contributed by atoms with Crippen molar-refractivity contribution < 1.29 is 19.8 Å². The number of rotatable bonds is 11. The molecular formula is C21H27N3O4. The van der Waals surface area contributed by atoms with Gasteiger partial charge < -0.3 is 26.2 Å². The van der Waals surface area contributed by atoms with Gasteiger partial charge >= 0.3 is 0 Å². The quantitative estimate of drug-likeness (QED) is 0.380. The van der Waals surface area contributed by atoms with Crippen LogP contribution in [0.4, 0.5) is 0 Å². The van der Waals surface area contributed by atoms with Crippen molar-refractivity contribution in [2.24, 2.45) is 0 Å². The van der Waals surface area contributed by atoms with Crippen molar-refractivity contribution >= 4 is 11.8 Å². The van der Waals surface area contributed by atoms with E-state index in [2.05, 4.69) is 16.0 Å². The van der Waals surface area contributed by atoms with E-state index >= 15 is 0 Å². The number of para-hydroxylation sites is 2. The molecule has 7 heteroatoms. The van der Waals surface area contributed by atoms with Crippen LogP contribution in [0.15, 0.2) is 48.5 Å². The lowest BCUT2D eigenvalue weighted by Crippen LogP contribution is -2.28. The Morgan fingerprint density at radius 1 is 0.643 bits per heavy atom. The maximum atomic E-state index is 11.9. The van der Waals surface area contributed by atoms with E-state index in [0.717, 1.165) is 32.4 Å². The molecule has 0 aliphatic heterocycles. The van der Waals surface area contributed by atoms with Gasteiger partial charge in [0.2, 0.25) is 0 Å². The fourth-order valence-electron chi connectivity index (χ4n) is 2.64. The zero-order chi connectivity index (χ0) is 20.2. The second-order valence-electron chi connectivity index (χ2n) is 6.36. The largest absolute Gasteiger partial charge is 0.507 e. The fourth-order valence-corrected chi connectivity index (χ4v) is 2.64. The SMILES string of the molecule is O=C(NCCCCNCCCNC(=O)c1ccccc1O)c1ccccc1O. The number of unbranched alkanes of at least 4 members (excludes halogenated alkanes) is 1. The minimum absolute atomic E-state index is 0.0174. The number of aromatic hydroxyl groups is 2. The number of carbonyl (C=O) groups excluding carboxylic acids is 2. The highest BCUT2D eigenvalue weighted by Gasteiger charge is 2.09. The first-order chi connectivity index (χ1) is 13.6. The third kappa shape index (κ3) is 6.92. The van der Waals surface area contributed by atoms with E-state index in [1.165, 1.54) is 12.1 Å². The van der Waals surface area contributed by atoms with Crippen LogP contribution < -0.4 is 16.0 Å². The van der Waals surface area contributed by atoms with Gasteiger partial charge in [-0.05, 0) is 56.6 Å². The molecule has 5 N–H and O–H groups in total. The number of phenols is 2. The lowest BCUT2D eigenvalue weighted by atomic mass is 10.2. The molecule has 2 aromatic carbocycles. The van der Waals surface area contributed by atoms with E-state index < -0.39 is 0 Å². The van der Waals surface area contributed by atoms with Crippen LogP contribution >= 0.6 is 0 Å². The molecule has 0 saturated heterocycles. The molecule has 150 valence electrons. The summed E-state index contributed by atoms with van der Waals surface area (Å²) in [6, 6.07) is 12.9. The van der Waals surface area contributed by atoms with Gasteiger partial charge in [0.1, 0.15) is 11.5 Å². The van der Waals surface area contributed by atoms with E-state index in [1.807, 2.05) is 0 Å². The van der Waals surface area contributed by atoms with Gasteiger partial charge in [0.25, 0.3) is 11.8 Å². The third-order valence-electron chi connectivity index (χ3n) is 4.18. The summed E-state index contributed by atoms with van der Waals surface area (Å²) in [5, 5.41) is 28.1. The molecule has 0 heterocycles. The second-order valence-corrected chi connectivity index (χ2v) is 6.36. The Hall–Kier alpha value is -3.06. The van der Waals surface area contributed by atoms with Gasteiger partial charge in [0.05, 0.1) is 11.1 Å². The Bertz CT molecular complexity index is 714. The summed E-state index contributed by atoms with van der Waals surface area (Å²) in [7, 11) is 0. The van der Waals surface area contributed by atoms with Crippen molar-refractivity contribution in [3.05, 3.63) is 59.7 Å². The normalized spacial score (nSPS) is 10.4. The van der Waals surface area contributed by atoms with Gasteiger partial charge in [-0.1, -0.05) is 24.3 Å². The molecule has 0 aliphatic carbocycles. The predicted molar refractivity (Wildman–Crippen MR) is 108 cm³/mol. The van der Waals surface area contributed by atoms with Crippen molar-refractivity contribution in [2.75, 3.05) is 26.2 Å². The zero-order valence-electron chi connectivity index (χ0n) is 15.8. The number of phenolic OH excluding ortho intramolecular Hbond substituents is 2. The minimum Gasteiger partial charge on any atom is -0.507 e. The molecule has 2 amide bonds. The molecule has 0 spiro atoms. The zero-order valence-corrected chi connectivity index (χ0v) is 15.8. The molecular weight excluding hydrogens is 358 g/mol. The molecule has 0 atom stereocenters. The first kappa shape index (κ1) is 21.2. The van der Waals surface area contributed by atoms with Crippen LogP contribution in [0.25, 0.3) is 0 Å². The monoisotopic (exact) mass is 385 g/mol. The van der Waals surface area contributed by atoms with Crippen LogP contribution in [-0.4, -0.2) is 48.2 Å². The van der Waals surface area contributed by atoms with E-state index in [9.17, 15) is 19.8 Å². The van der Waals surface area contributed by atoms with E-state index in [0.29, 0.717) is 13.1 Å². The van der Waals surface area contributed by atoms with Gasteiger partial charge in [0.15, 0.2) is 0 Å². The Labute approximate surface area is 164 Å². The molecule has 0 aromatic heterocycles. The van der Waals surface area contributed by atoms with Crippen LogP contribution in [0.1, 0.15) is 40.0 Å². The molecule has 2 aromatic rings. The van der Waals surface area contributed by atoms with Crippen LogP contribution in [0.2, 0.25) is 0 Å². The van der Waals surface area contributed by atoms with E-state index in [1.54, 1.807) is 36.4 Å². The molecule has 0 bridgehead atoms. The Morgan fingerprint density at radius 2 is 1.07 bits per heavy atom. The molecule has 0 unspecified atom stereocenters. The molecule has 0 saturated carbocycles. The number of hydrogen-bond acceptors (Lipinski definition) is 5. The van der Waals surface area contributed by atoms with Gasteiger partial charge in [-0.2, -0.15) is 0 Å². The molecule has 28 heavy (non-hydrogen) atoms. The van der Waals surface area contributed by atoms with Gasteiger partial charge in [-0.15, -0.1) is 0 Å². The van der Waals surface area contributed by atoms with E-state index in [-0.39, 0.29) is 34.4 Å². The Kier molecular flexibility index (Phi) is 8.81.